The Morgan fingerprint density at radius 1 is 1.26 bits per heavy atom. The van der Waals surface area contributed by atoms with Crippen molar-refractivity contribution in [2.45, 2.75) is 45.9 Å². The number of ether oxygens (including phenoxy) is 1. The second-order valence-corrected chi connectivity index (χ2v) is 5.21. The van der Waals surface area contributed by atoms with E-state index in [-0.39, 0.29) is 12.2 Å². The van der Waals surface area contributed by atoms with Crippen LogP contribution < -0.4 is 10.2 Å². The summed E-state index contributed by atoms with van der Waals surface area (Å²) in [7, 11) is 0. The Kier molecular flexibility index (Phi) is 5.10. The molecule has 0 spiro atoms. The van der Waals surface area contributed by atoms with E-state index in [0.29, 0.717) is 0 Å². The molecule has 2 rings (SSSR count). The number of nitrogens with zero attached hydrogens (tertiary/aromatic N) is 3. The molecule has 0 aromatic carbocycles. The van der Waals surface area contributed by atoms with E-state index in [9.17, 15) is 0 Å². The van der Waals surface area contributed by atoms with Crippen LogP contribution in [0.5, 0.6) is 0 Å². The van der Waals surface area contributed by atoms with E-state index in [1.165, 1.54) is 0 Å². The molecular weight excluding hydrogens is 240 g/mol. The first-order chi connectivity index (χ1) is 9.19. The summed E-state index contributed by atoms with van der Waals surface area (Å²) in [5.74, 6) is 0.946. The number of nitrogens with one attached hydrogen (secondary N) is 1. The van der Waals surface area contributed by atoms with E-state index in [1.807, 2.05) is 12.4 Å². The number of hydrogen-bond donors (Lipinski definition) is 1. The summed E-state index contributed by atoms with van der Waals surface area (Å²) in [5.41, 5.74) is 0.992. The van der Waals surface area contributed by atoms with Gasteiger partial charge in [-0.1, -0.05) is 6.92 Å². The standard InChI is InChI=1S/C14H24N4O/c1-4-5-15-6-13-7-17-14(8-16-13)18-9-11(2)19-12(3)10-18/h7-8,11-12,15H,4-6,9-10H2,1-3H3/t11-,12+. The Labute approximate surface area is 115 Å². The highest BCUT2D eigenvalue weighted by atomic mass is 16.5. The van der Waals surface area contributed by atoms with Crippen molar-refractivity contribution in [2.24, 2.45) is 0 Å². The van der Waals surface area contributed by atoms with Crippen LogP contribution in [0.25, 0.3) is 0 Å². The van der Waals surface area contributed by atoms with Gasteiger partial charge < -0.3 is 15.0 Å². The van der Waals surface area contributed by atoms with Gasteiger partial charge >= 0.3 is 0 Å². The summed E-state index contributed by atoms with van der Waals surface area (Å²) >= 11 is 0. The molecule has 1 N–H and O–H groups in total. The maximum Gasteiger partial charge on any atom is 0.147 e. The third-order valence-corrected chi connectivity index (χ3v) is 3.17. The molecule has 0 amide bonds. The number of morpholine rings is 1. The van der Waals surface area contributed by atoms with Crippen molar-refractivity contribution in [3.05, 3.63) is 18.1 Å². The van der Waals surface area contributed by atoms with Gasteiger partial charge in [0.25, 0.3) is 0 Å². The fourth-order valence-electron chi connectivity index (χ4n) is 2.36. The van der Waals surface area contributed by atoms with Crippen molar-refractivity contribution in [2.75, 3.05) is 24.5 Å². The quantitative estimate of drug-likeness (QED) is 0.819. The molecule has 1 aromatic heterocycles. The average Bonchev–Trinajstić information content (AvgIpc) is 2.39. The van der Waals surface area contributed by atoms with Gasteiger partial charge in [0.05, 0.1) is 30.3 Å². The smallest absolute Gasteiger partial charge is 0.147 e. The normalized spacial score (nSPS) is 23.6. The van der Waals surface area contributed by atoms with Crippen molar-refractivity contribution in [3.63, 3.8) is 0 Å². The van der Waals surface area contributed by atoms with E-state index in [1.54, 1.807) is 0 Å². The average molecular weight is 264 g/mol. The fraction of sp³-hybridized carbons (Fsp3) is 0.714. The fourth-order valence-corrected chi connectivity index (χ4v) is 2.36. The van der Waals surface area contributed by atoms with Crippen LogP contribution >= 0.6 is 0 Å². The van der Waals surface area contributed by atoms with Gasteiger partial charge in [0, 0.05) is 19.6 Å². The van der Waals surface area contributed by atoms with Crippen molar-refractivity contribution < 1.29 is 4.74 Å². The molecule has 1 aliphatic rings. The Balaban J connectivity index is 1.93. The summed E-state index contributed by atoms with van der Waals surface area (Å²) in [6.45, 7) is 9.92. The molecule has 2 atom stereocenters. The van der Waals surface area contributed by atoms with E-state index < -0.39 is 0 Å². The molecule has 5 heteroatoms. The molecule has 1 saturated heterocycles. The summed E-state index contributed by atoms with van der Waals surface area (Å²) in [6, 6.07) is 0. The molecule has 2 heterocycles. The maximum atomic E-state index is 5.73. The van der Waals surface area contributed by atoms with Crippen molar-refractivity contribution in [1.82, 2.24) is 15.3 Å². The van der Waals surface area contributed by atoms with Gasteiger partial charge in [0.2, 0.25) is 0 Å². The molecule has 0 radical (unpaired) electrons. The first kappa shape index (κ1) is 14.2. The molecule has 1 fully saturated rings. The van der Waals surface area contributed by atoms with Crippen LogP contribution in [0.2, 0.25) is 0 Å². The van der Waals surface area contributed by atoms with Crippen LogP contribution in [-0.2, 0) is 11.3 Å². The molecule has 1 aliphatic heterocycles. The molecule has 106 valence electrons. The van der Waals surface area contributed by atoms with E-state index >= 15 is 0 Å². The molecule has 0 aliphatic carbocycles. The topological polar surface area (TPSA) is 50.3 Å². The predicted octanol–water partition coefficient (Wildman–Crippen LogP) is 1.59. The molecular formula is C14H24N4O. The first-order valence-corrected chi connectivity index (χ1v) is 7.11. The molecule has 19 heavy (non-hydrogen) atoms. The number of hydrogen-bond acceptors (Lipinski definition) is 5. The van der Waals surface area contributed by atoms with Gasteiger partial charge in [-0.3, -0.25) is 4.98 Å². The Bertz CT molecular complexity index is 372. The zero-order chi connectivity index (χ0) is 13.7. The second kappa shape index (κ2) is 6.82. The van der Waals surface area contributed by atoms with Gasteiger partial charge in [0.1, 0.15) is 5.82 Å². The first-order valence-electron chi connectivity index (χ1n) is 7.11. The van der Waals surface area contributed by atoms with Crippen LogP contribution in [-0.4, -0.2) is 41.8 Å². The van der Waals surface area contributed by atoms with Crippen LogP contribution in [0.15, 0.2) is 12.4 Å². The van der Waals surface area contributed by atoms with Crippen LogP contribution in [0.1, 0.15) is 32.9 Å². The largest absolute Gasteiger partial charge is 0.372 e. The Morgan fingerprint density at radius 3 is 2.58 bits per heavy atom. The number of anilines is 1. The Hall–Kier alpha value is -1.20. The van der Waals surface area contributed by atoms with Crippen molar-refractivity contribution >= 4 is 5.82 Å². The van der Waals surface area contributed by atoms with Crippen molar-refractivity contribution in [3.8, 4) is 0 Å². The number of rotatable bonds is 5. The SMILES string of the molecule is CCCNCc1cnc(N2C[C@@H](C)O[C@@H](C)C2)cn1. The highest BCUT2D eigenvalue weighted by Crippen LogP contribution is 2.17. The highest BCUT2D eigenvalue weighted by Gasteiger charge is 2.23. The van der Waals surface area contributed by atoms with Gasteiger partial charge in [-0.2, -0.15) is 0 Å². The van der Waals surface area contributed by atoms with Gasteiger partial charge in [0.15, 0.2) is 0 Å². The summed E-state index contributed by atoms with van der Waals surface area (Å²) in [5, 5.41) is 3.33. The molecule has 0 saturated carbocycles. The lowest BCUT2D eigenvalue weighted by Gasteiger charge is -2.35. The lowest BCUT2D eigenvalue weighted by Crippen LogP contribution is -2.45. The number of aromatic nitrogens is 2. The molecule has 0 bridgehead atoms. The highest BCUT2D eigenvalue weighted by molar-refractivity contribution is 5.36. The predicted molar refractivity (Wildman–Crippen MR) is 76.3 cm³/mol. The van der Waals surface area contributed by atoms with Crippen LogP contribution in [0.4, 0.5) is 5.82 Å². The van der Waals surface area contributed by atoms with Gasteiger partial charge in [-0.25, -0.2) is 4.98 Å². The minimum absolute atomic E-state index is 0.247. The lowest BCUT2D eigenvalue weighted by atomic mass is 10.2. The molecule has 5 nitrogen and oxygen atoms in total. The van der Waals surface area contributed by atoms with E-state index in [0.717, 1.165) is 44.1 Å². The van der Waals surface area contributed by atoms with Gasteiger partial charge in [-0.05, 0) is 26.8 Å². The molecule has 0 unspecified atom stereocenters. The second-order valence-electron chi connectivity index (χ2n) is 5.21. The van der Waals surface area contributed by atoms with E-state index in [4.69, 9.17) is 4.74 Å². The minimum atomic E-state index is 0.247. The third-order valence-electron chi connectivity index (χ3n) is 3.17. The maximum absolute atomic E-state index is 5.73. The van der Waals surface area contributed by atoms with Gasteiger partial charge in [-0.15, -0.1) is 0 Å². The monoisotopic (exact) mass is 264 g/mol. The van der Waals surface area contributed by atoms with Crippen LogP contribution in [0, 0.1) is 0 Å². The summed E-state index contributed by atoms with van der Waals surface area (Å²) < 4.78 is 5.73. The Morgan fingerprint density at radius 2 is 2.00 bits per heavy atom. The summed E-state index contributed by atoms with van der Waals surface area (Å²) in [4.78, 5) is 11.2. The molecule has 1 aromatic rings. The third kappa shape index (κ3) is 4.14. The van der Waals surface area contributed by atoms with E-state index in [2.05, 4.69) is 41.0 Å². The summed E-state index contributed by atoms with van der Waals surface area (Å²) in [6.07, 6.45) is 5.36. The zero-order valence-electron chi connectivity index (χ0n) is 12.1. The minimum Gasteiger partial charge on any atom is -0.372 e. The van der Waals surface area contributed by atoms with Crippen LogP contribution in [0.3, 0.4) is 0 Å². The lowest BCUT2D eigenvalue weighted by molar-refractivity contribution is -0.00547. The zero-order valence-corrected chi connectivity index (χ0v) is 12.1. The van der Waals surface area contributed by atoms with Crippen molar-refractivity contribution in [1.29, 1.82) is 0 Å².